The third-order valence-corrected chi connectivity index (χ3v) is 6.87. The zero-order chi connectivity index (χ0) is 18.4. The molecular weight excluding hydrogens is 356 g/mol. The Labute approximate surface area is 155 Å². The zero-order valence-corrected chi connectivity index (χ0v) is 15.9. The van der Waals surface area contributed by atoms with Crippen molar-refractivity contribution >= 4 is 10.0 Å². The number of piperidine rings is 1. The molecule has 0 spiro atoms. The molecule has 1 aromatic carbocycles. The number of nitrogens with zero attached hydrogens (tertiary/aromatic N) is 1. The Bertz CT molecular complexity index is 653. The fourth-order valence-electron chi connectivity index (χ4n) is 3.48. The Morgan fingerprint density at radius 2 is 1.77 bits per heavy atom. The largest absolute Gasteiger partial charge is 0.491 e. The molecule has 0 aromatic heterocycles. The number of ether oxygens (including phenoxy) is 2. The molecule has 2 saturated heterocycles. The smallest absolute Gasteiger partial charge is 0.243 e. The maximum Gasteiger partial charge on any atom is 0.243 e. The van der Waals surface area contributed by atoms with Crippen LogP contribution >= 0.6 is 0 Å². The molecule has 0 aliphatic carbocycles. The van der Waals surface area contributed by atoms with E-state index in [1.54, 1.807) is 24.3 Å². The van der Waals surface area contributed by atoms with E-state index < -0.39 is 16.1 Å². The van der Waals surface area contributed by atoms with Gasteiger partial charge in [-0.15, -0.1) is 0 Å². The molecular formula is C18H29N2O5S+. The maximum atomic E-state index is 12.6. The second-order valence-corrected chi connectivity index (χ2v) is 8.91. The van der Waals surface area contributed by atoms with Crippen LogP contribution in [0.3, 0.4) is 0 Å². The number of rotatable bonds is 7. The molecule has 2 N–H and O–H groups in total. The normalized spacial score (nSPS) is 21.4. The van der Waals surface area contributed by atoms with Crippen molar-refractivity contribution in [2.24, 2.45) is 0 Å². The number of quaternary nitrogens is 1. The molecule has 2 aliphatic rings. The minimum Gasteiger partial charge on any atom is -0.491 e. The van der Waals surface area contributed by atoms with E-state index in [9.17, 15) is 13.5 Å². The van der Waals surface area contributed by atoms with Gasteiger partial charge in [0.2, 0.25) is 10.0 Å². The summed E-state index contributed by atoms with van der Waals surface area (Å²) in [6.45, 7) is 4.77. The van der Waals surface area contributed by atoms with Crippen LogP contribution in [0.1, 0.15) is 19.3 Å². The van der Waals surface area contributed by atoms with Gasteiger partial charge in [0.1, 0.15) is 25.0 Å². The Kier molecular flexibility index (Phi) is 6.88. The molecule has 2 heterocycles. The number of aliphatic hydroxyl groups is 1. The predicted octanol–water partition coefficient (Wildman–Crippen LogP) is -0.484. The number of hydrogen-bond acceptors (Lipinski definition) is 5. The van der Waals surface area contributed by atoms with Crippen molar-refractivity contribution in [1.82, 2.24) is 4.31 Å². The summed E-state index contributed by atoms with van der Waals surface area (Å²) in [6.07, 6.45) is 3.22. The van der Waals surface area contributed by atoms with Gasteiger partial charge in [-0.05, 0) is 43.5 Å². The number of hydrogen-bond donors (Lipinski definition) is 2. The van der Waals surface area contributed by atoms with Gasteiger partial charge in [0.25, 0.3) is 0 Å². The van der Waals surface area contributed by atoms with Crippen LogP contribution in [0.4, 0.5) is 0 Å². The van der Waals surface area contributed by atoms with Gasteiger partial charge in [-0.1, -0.05) is 0 Å². The van der Waals surface area contributed by atoms with Crippen LogP contribution in [-0.2, 0) is 14.8 Å². The SMILES string of the molecule is O=S(=O)(c1ccc(OC[C@@H](O)C[NH+]2CCCCC2)cc1)N1CCOCC1. The van der Waals surface area contributed by atoms with Crippen molar-refractivity contribution in [2.45, 2.75) is 30.3 Å². The van der Waals surface area contributed by atoms with Crippen LogP contribution in [0.2, 0.25) is 0 Å². The molecule has 3 rings (SSSR count). The molecule has 0 saturated carbocycles. The van der Waals surface area contributed by atoms with E-state index in [1.807, 2.05) is 0 Å². The molecule has 0 unspecified atom stereocenters. The van der Waals surface area contributed by atoms with Gasteiger partial charge < -0.3 is 19.5 Å². The molecule has 7 nitrogen and oxygen atoms in total. The molecule has 26 heavy (non-hydrogen) atoms. The molecule has 146 valence electrons. The second-order valence-electron chi connectivity index (χ2n) is 6.97. The molecule has 1 aromatic rings. The highest BCUT2D eigenvalue weighted by molar-refractivity contribution is 7.89. The van der Waals surface area contributed by atoms with Gasteiger partial charge in [0, 0.05) is 13.1 Å². The molecule has 2 fully saturated rings. The Hall–Kier alpha value is -1.19. The second kappa shape index (κ2) is 9.14. The number of morpholine rings is 1. The highest BCUT2D eigenvalue weighted by atomic mass is 32.2. The molecule has 0 bridgehead atoms. The summed E-state index contributed by atoms with van der Waals surface area (Å²) >= 11 is 0. The van der Waals surface area contributed by atoms with Crippen molar-refractivity contribution < 1.29 is 27.9 Å². The first kappa shape index (κ1) is 19.6. The van der Waals surface area contributed by atoms with Crippen molar-refractivity contribution in [3.63, 3.8) is 0 Å². The monoisotopic (exact) mass is 385 g/mol. The predicted molar refractivity (Wildman–Crippen MR) is 96.9 cm³/mol. The van der Waals surface area contributed by atoms with Gasteiger partial charge in [-0.2, -0.15) is 4.31 Å². The lowest BCUT2D eigenvalue weighted by Crippen LogP contribution is -3.14. The van der Waals surface area contributed by atoms with E-state index in [-0.39, 0.29) is 11.5 Å². The van der Waals surface area contributed by atoms with Crippen LogP contribution in [0.5, 0.6) is 5.75 Å². The van der Waals surface area contributed by atoms with Gasteiger partial charge in [0.15, 0.2) is 0 Å². The first-order chi connectivity index (χ1) is 12.6. The summed E-state index contributed by atoms with van der Waals surface area (Å²) in [4.78, 5) is 1.68. The fraction of sp³-hybridized carbons (Fsp3) is 0.667. The van der Waals surface area contributed by atoms with E-state index in [1.165, 1.54) is 28.5 Å². The van der Waals surface area contributed by atoms with Crippen molar-refractivity contribution in [3.05, 3.63) is 24.3 Å². The van der Waals surface area contributed by atoms with Crippen molar-refractivity contribution in [2.75, 3.05) is 52.5 Å². The number of sulfonamides is 1. The molecule has 1 atom stereocenters. The quantitative estimate of drug-likeness (QED) is 0.663. The third-order valence-electron chi connectivity index (χ3n) is 4.96. The average molecular weight is 386 g/mol. The summed E-state index contributed by atoms with van der Waals surface area (Å²) in [5.74, 6) is 0.568. The molecule has 0 amide bonds. The summed E-state index contributed by atoms with van der Waals surface area (Å²) in [5.41, 5.74) is 0. The lowest BCUT2D eigenvalue weighted by atomic mass is 10.1. The van der Waals surface area contributed by atoms with Gasteiger partial charge >= 0.3 is 0 Å². The maximum absolute atomic E-state index is 12.6. The number of aliphatic hydroxyl groups excluding tert-OH is 1. The van der Waals surface area contributed by atoms with Crippen LogP contribution in [0, 0.1) is 0 Å². The summed E-state index contributed by atoms with van der Waals surface area (Å²) in [7, 11) is -3.48. The minimum atomic E-state index is -3.48. The molecule has 0 radical (unpaired) electrons. The highest BCUT2D eigenvalue weighted by Gasteiger charge is 2.26. The van der Waals surface area contributed by atoms with E-state index >= 15 is 0 Å². The standard InChI is InChI=1S/C18H28N2O5S/c21-16(14-19-8-2-1-3-9-19)15-25-17-4-6-18(7-5-17)26(22,23)20-10-12-24-13-11-20/h4-7,16,21H,1-3,8-15H2/p+1/t16-/m0/s1. The van der Waals surface area contributed by atoms with Gasteiger partial charge in [-0.25, -0.2) is 8.42 Å². The Balaban J connectivity index is 1.50. The van der Waals surface area contributed by atoms with Crippen molar-refractivity contribution in [3.8, 4) is 5.75 Å². The highest BCUT2D eigenvalue weighted by Crippen LogP contribution is 2.20. The third kappa shape index (κ3) is 5.17. The summed E-state index contributed by atoms with van der Waals surface area (Å²) < 4.78 is 37.4. The van der Waals surface area contributed by atoms with Crippen LogP contribution in [-0.4, -0.2) is 76.5 Å². The fourth-order valence-corrected chi connectivity index (χ4v) is 4.89. The van der Waals surface area contributed by atoms with Crippen LogP contribution in [0.25, 0.3) is 0 Å². The van der Waals surface area contributed by atoms with Crippen LogP contribution in [0.15, 0.2) is 29.2 Å². The van der Waals surface area contributed by atoms with E-state index in [4.69, 9.17) is 9.47 Å². The summed E-state index contributed by atoms with van der Waals surface area (Å²) in [5, 5.41) is 10.2. The first-order valence-corrected chi connectivity index (χ1v) is 10.8. The van der Waals surface area contributed by atoms with Crippen molar-refractivity contribution in [1.29, 1.82) is 0 Å². The lowest BCUT2D eigenvalue weighted by Gasteiger charge is -2.26. The average Bonchev–Trinajstić information content (AvgIpc) is 2.68. The van der Waals surface area contributed by atoms with E-state index in [2.05, 4.69) is 0 Å². The van der Waals surface area contributed by atoms with Crippen LogP contribution < -0.4 is 9.64 Å². The van der Waals surface area contributed by atoms with Gasteiger partial charge in [-0.3, -0.25) is 0 Å². The Morgan fingerprint density at radius 3 is 2.42 bits per heavy atom. The lowest BCUT2D eigenvalue weighted by molar-refractivity contribution is -0.908. The number of benzene rings is 1. The summed E-state index contributed by atoms with van der Waals surface area (Å²) in [6, 6.07) is 6.41. The zero-order valence-electron chi connectivity index (χ0n) is 15.1. The number of nitrogens with one attached hydrogen (secondary N) is 1. The topological polar surface area (TPSA) is 80.5 Å². The Morgan fingerprint density at radius 1 is 1.12 bits per heavy atom. The molecule has 8 heteroatoms. The first-order valence-electron chi connectivity index (χ1n) is 9.38. The minimum absolute atomic E-state index is 0.221. The number of likely N-dealkylation sites (tertiary alicyclic amines) is 1. The van der Waals surface area contributed by atoms with Gasteiger partial charge in [0.05, 0.1) is 31.2 Å². The van der Waals surface area contributed by atoms with E-state index in [0.29, 0.717) is 38.6 Å². The molecule has 2 aliphatic heterocycles. The van der Waals surface area contributed by atoms with E-state index in [0.717, 1.165) is 13.1 Å².